The van der Waals surface area contributed by atoms with Gasteiger partial charge in [0, 0.05) is 37.0 Å². The first-order valence-electron chi connectivity index (χ1n) is 8.72. The molecule has 1 aromatic heterocycles. The van der Waals surface area contributed by atoms with Crippen molar-refractivity contribution in [3.63, 3.8) is 0 Å². The molecule has 5 heteroatoms. The van der Waals surface area contributed by atoms with E-state index in [1.807, 2.05) is 18.4 Å². The van der Waals surface area contributed by atoms with Crippen LogP contribution in [0.1, 0.15) is 38.5 Å². The van der Waals surface area contributed by atoms with Crippen molar-refractivity contribution in [2.75, 3.05) is 39.8 Å². The lowest BCUT2D eigenvalue weighted by Crippen LogP contribution is -2.45. The minimum atomic E-state index is 0.118. The van der Waals surface area contributed by atoms with E-state index in [0.29, 0.717) is 5.92 Å². The van der Waals surface area contributed by atoms with E-state index in [-0.39, 0.29) is 5.41 Å². The molecule has 130 valence electrons. The number of nitrogens with one attached hydrogen (secondary N) is 2. The highest BCUT2D eigenvalue weighted by molar-refractivity contribution is 7.10. The SMILES string of the molecule is CN=C(NCC(C)CN1CCCC1)NCC(C)(C)c1cccs1. The zero-order valence-electron chi connectivity index (χ0n) is 15.1. The van der Waals surface area contributed by atoms with E-state index in [1.54, 1.807) is 0 Å². The third kappa shape index (κ3) is 5.81. The summed E-state index contributed by atoms with van der Waals surface area (Å²) in [7, 11) is 1.85. The predicted molar refractivity (Wildman–Crippen MR) is 102 cm³/mol. The molecular formula is C18H32N4S. The molecule has 23 heavy (non-hydrogen) atoms. The summed E-state index contributed by atoms with van der Waals surface area (Å²) in [6.07, 6.45) is 2.72. The minimum absolute atomic E-state index is 0.118. The Hall–Kier alpha value is -1.07. The Morgan fingerprint density at radius 2 is 2.09 bits per heavy atom. The van der Waals surface area contributed by atoms with Gasteiger partial charge in [0.2, 0.25) is 0 Å². The van der Waals surface area contributed by atoms with E-state index in [9.17, 15) is 0 Å². The first-order chi connectivity index (χ1) is 11.0. The van der Waals surface area contributed by atoms with Gasteiger partial charge in [-0.3, -0.25) is 4.99 Å². The highest BCUT2D eigenvalue weighted by atomic mass is 32.1. The smallest absolute Gasteiger partial charge is 0.191 e. The Morgan fingerprint density at radius 3 is 2.70 bits per heavy atom. The molecule has 2 N–H and O–H groups in total. The first-order valence-corrected chi connectivity index (χ1v) is 9.60. The number of rotatable bonds is 7. The fraction of sp³-hybridized carbons (Fsp3) is 0.722. The van der Waals surface area contributed by atoms with Crippen molar-refractivity contribution in [1.82, 2.24) is 15.5 Å². The average Bonchev–Trinajstić information content (AvgIpc) is 3.21. The largest absolute Gasteiger partial charge is 0.356 e. The molecule has 0 saturated carbocycles. The molecule has 4 nitrogen and oxygen atoms in total. The third-order valence-corrected chi connectivity index (χ3v) is 5.73. The molecule has 1 fully saturated rings. The zero-order valence-corrected chi connectivity index (χ0v) is 15.9. The van der Waals surface area contributed by atoms with Gasteiger partial charge >= 0.3 is 0 Å². The fourth-order valence-corrected chi connectivity index (χ4v) is 3.87. The number of hydrogen-bond acceptors (Lipinski definition) is 3. The highest BCUT2D eigenvalue weighted by Gasteiger charge is 2.22. The summed E-state index contributed by atoms with van der Waals surface area (Å²) < 4.78 is 0. The van der Waals surface area contributed by atoms with E-state index < -0.39 is 0 Å². The molecule has 1 aromatic rings. The summed E-state index contributed by atoms with van der Waals surface area (Å²) in [5.41, 5.74) is 0.118. The maximum Gasteiger partial charge on any atom is 0.191 e. The van der Waals surface area contributed by atoms with Crippen molar-refractivity contribution in [1.29, 1.82) is 0 Å². The van der Waals surface area contributed by atoms with Crippen LogP contribution in [-0.2, 0) is 5.41 Å². The Balaban J connectivity index is 1.72. The van der Waals surface area contributed by atoms with Gasteiger partial charge in [0.25, 0.3) is 0 Å². The lowest BCUT2D eigenvalue weighted by molar-refractivity contribution is 0.287. The van der Waals surface area contributed by atoms with Crippen molar-refractivity contribution in [2.45, 2.75) is 39.0 Å². The van der Waals surface area contributed by atoms with Crippen LogP contribution in [0.2, 0.25) is 0 Å². The van der Waals surface area contributed by atoms with Crippen LogP contribution in [0.3, 0.4) is 0 Å². The maximum atomic E-state index is 4.36. The van der Waals surface area contributed by atoms with Gasteiger partial charge in [0.15, 0.2) is 5.96 Å². The van der Waals surface area contributed by atoms with Gasteiger partial charge in [-0.05, 0) is 43.3 Å². The van der Waals surface area contributed by atoms with E-state index in [0.717, 1.165) is 19.0 Å². The van der Waals surface area contributed by atoms with Gasteiger partial charge in [-0.25, -0.2) is 0 Å². The summed E-state index contributed by atoms with van der Waals surface area (Å²) in [5.74, 6) is 1.54. The predicted octanol–water partition coefficient (Wildman–Crippen LogP) is 2.92. The number of nitrogens with zero attached hydrogens (tertiary/aromatic N) is 2. The molecule has 2 rings (SSSR count). The number of thiophene rings is 1. The average molecular weight is 337 g/mol. The van der Waals surface area contributed by atoms with Crippen LogP contribution in [0.25, 0.3) is 0 Å². The number of hydrogen-bond donors (Lipinski definition) is 2. The maximum absolute atomic E-state index is 4.36. The van der Waals surface area contributed by atoms with Crippen molar-refractivity contribution < 1.29 is 0 Å². The Kier molecular flexibility index (Phi) is 6.90. The second-order valence-electron chi connectivity index (χ2n) is 7.28. The molecule has 1 aliphatic heterocycles. The molecule has 1 atom stereocenters. The van der Waals surface area contributed by atoms with Crippen molar-refractivity contribution >= 4 is 17.3 Å². The highest BCUT2D eigenvalue weighted by Crippen LogP contribution is 2.26. The molecule has 0 aliphatic carbocycles. The second-order valence-corrected chi connectivity index (χ2v) is 8.23. The van der Waals surface area contributed by atoms with Gasteiger partial charge in [0.1, 0.15) is 0 Å². The normalized spacial score (nSPS) is 18.2. The molecule has 0 spiro atoms. The number of likely N-dealkylation sites (tertiary alicyclic amines) is 1. The fourth-order valence-electron chi connectivity index (χ4n) is 3.02. The van der Waals surface area contributed by atoms with Crippen molar-refractivity contribution in [3.05, 3.63) is 22.4 Å². The lowest BCUT2D eigenvalue weighted by Gasteiger charge is -2.26. The number of guanidine groups is 1. The van der Waals surface area contributed by atoms with Gasteiger partial charge in [0.05, 0.1) is 0 Å². The van der Waals surface area contributed by atoms with Crippen LogP contribution < -0.4 is 10.6 Å². The van der Waals surface area contributed by atoms with Gasteiger partial charge in [-0.2, -0.15) is 0 Å². The van der Waals surface area contributed by atoms with Crippen molar-refractivity contribution in [2.24, 2.45) is 10.9 Å². The van der Waals surface area contributed by atoms with Crippen LogP contribution in [0, 0.1) is 5.92 Å². The molecule has 0 bridgehead atoms. The summed E-state index contributed by atoms with van der Waals surface area (Å²) in [4.78, 5) is 8.34. The van der Waals surface area contributed by atoms with Gasteiger partial charge in [-0.15, -0.1) is 11.3 Å². The molecule has 0 radical (unpaired) electrons. The molecule has 1 unspecified atom stereocenters. The van der Waals surface area contributed by atoms with Crippen LogP contribution in [0.15, 0.2) is 22.5 Å². The molecule has 2 heterocycles. The van der Waals surface area contributed by atoms with Gasteiger partial charge < -0.3 is 15.5 Å². The van der Waals surface area contributed by atoms with E-state index >= 15 is 0 Å². The summed E-state index contributed by atoms with van der Waals surface area (Å²) >= 11 is 1.82. The first kappa shape index (κ1) is 18.3. The summed E-state index contributed by atoms with van der Waals surface area (Å²) in [6.45, 7) is 12.4. The topological polar surface area (TPSA) is 39.7 Å². The van der Waals surface area contributed by atoms with Crippen LogP contribution in [0.4, 0.5) is 0 Å². The second kappa shape index (κ2) is 8.69. The van der Waals surface area contributed by atoms with Gasteiger partial charge in [-0.1, -0.05) is 26.8 Å². The van der Waals surface area contributed by atoms with E-state index in [4.69, 9.17) is 0 Å². The van der Waals surface area contributed by atoms with Crippen LogP contribution in [0.5, 0.6) is 0 Å². The van der Waals surface area contributed by atoms with E-state index in [1.165, 1.54) is 37.4 Å². The zero-order chi connectivity index (χ0) is 16.7. The Bertz CT molecular complexity index is 475. The lowest BCUT2D eigenvalue weighted by atomic mass is 9.91. The molecular weight excluding hydrogens is 304 g/mol. The van der Waals surface area contributed by atoms with Crippen molar-refractivity contribution in [3.8, 4) is 0 Å². The molecule has 0 amide bonds. The summed E-state index contributed by atoms with van der Waals surface area (Å²) in [6, 6.07) is 4.33. The minimum Gasteiger partial charge on any atom is -0.356 e. The monoisotopic (exact) mass is 336 g/mol. The molecule has 0 aromatic carbocycles. The number of aliphatic imine (C=N–C) groups is 1. The van der Waals surface area contributed by atoms with E-state index in [2.05, 4.69) is 58.8 Å². The molecule has 1 aliphatic rings. The Labute approximate surface area is 145 Å². The third-order valence-electron chi connectivity index (χ3n) is 4.50. The quantitative estimate of drug-likeness (QED) is 0.594. The summed E-state index contributed by atoms with van der Waals surface area (Å²) in [5, 5.41) is 9.10. The standard InChI is InChI=1S/C18H32N4S/c1-15(13-22-9-5-6-10-22)12-20-17(19-4)21-14-18(2,3)16-8-7-11-23-16/h7-8,11,15H,5-6,9-10,12-14H2,1-4H3,(H2,19,20,21). The van der Waals surface area contributed by atoms with Crippen LogP contribution >= 0.6 is 11.3 Å². The molecule has 1 saturated heterocycles. The van der Waals surface area contributed by atoms with Crippen LogP contribution in [-0.4, -0.2) is 50.6 Å². The Morgan fingerprint density at radius 1 is 1.35 bits per heavy atom.